The number of aromatic amines is 1. The third-order valence-corrected chi connectivity index (χ3v) is 5.88. The highest BCUT2D eigenvalue weighted by Gasteiger charge is 2.43. The van der Waals surface area contributed by atoms with Crippen molar-refractivity contribution in [2.75, 3.05) is 0 Å². The fraction of sp³-hybridized carbons (Fsp3) is 0.412. The number of rotatable bonds is 3. The van der Waals surface area contributed by atoms with E-state index in [0.29, 0.717) is 5.92 Å². The Morgan fingerprint density at radius 1 is 1.19 bits per heavy atom. The monoisotopic (exact) mass is 392 g/mol. The molecule has 1 heterocycles. The van der Waals surface area contributed by atoms with Gasteiger partial charge in [-0.15, -0.1) is 0 Å². The molecular formula is C17H17IN2O. The second-order valence-electron chi connectivity index (χ2n) is 6.19. The number of halogens is 1. The molecular weight excluding hydrogens is 375 g/mol. The number of benzene rings is 1. The summed E-state index contributed by atoms with van der Waals surface area (Å²) >= 11 is 2.14. The lowest BCUT2D eigenvalue weighted by atomic mass is 9.64. The maximum absolute atomic E-state index is 12.3. The molecule has 1 aromatic carbocycles. The second kappa shape index (κ2) is 4.93. The van der Waals surface area contributed by atoms with E-state index < -0.39 is 0 Å². The van der Waals surface area contributed by atoms with Crippen LogP contribution in [0.15, 0.2) is 35.1 Å². The first-order chi connectivity index (χ1) is 10.2. The highest BCUT2D eigenvalue weighted by Crippen LogP contribution is 2.48. The van der Waals surface area contributed by atoms with Crippen LogP contribution in [0.3, 0.4) is 0 Å². The van der Waals surface area contributed by atoms with Gasteiger partial charge in [0.25, 0.3) is 5.56 Å². The molecule has 0 atom stereocenters. The SMILES string of the molecule is O=c1[nH]c(C2(c3ccccc3)CCC2)nc(C2CC2)c1I. The Bertz CT molecular complexity index is 730. The summed E-state index contributed by atoms with van der Waals surface area (Å²) in [7, 11) is 0. The highest BCUT2D eigenvalue weighted by atomic mass is 127. The van der Waals surface area contributed by atoms with Gasteiger partial charge >= 0.3 is 0 Å². The third-order valence-electron chi connectivity index (χ3n) is 4.84. The molecule has 2 aliphatic carbocycles. The van der Waals surface area contributed by atoms with Gasteiger partial charge in [0.2, 0.25) is 0 Å². The van der Waals surface area contributed by atoms with Crippen molar-refractivity contribution >= 4 is 22.6 Å². The lowest BCUT2D eigenvalue weighted by Crippen LogP contribution is -2.39. The molecule has 0 aliphatic heterocycles. The molecule has 4 heteroatoms. The molecule has 0 spiro atoms. The van der Waals surface area contributed by atoms with Crippen LogP contribution in [-0.4, -0.2) is 9.97 Å². The molecule has 2 saturated carbocycles. The zero-order chi connectivity index (χ0) is 14.4. The van der Waals surface area contributed by atoms with E-state index in [9.17, 15) is 4.79 Å². The fourth-order valence-electron chi connectivity index (χ4n) is 3.28. The second-order valence-corrected chi connectivity index (χ2v) is 7.27. The molecule has 0 bridgehead atoms. The minimum Gasteiger partial charge on any atom is -0.309 e. The largest absolute Gasteiger partial charge is 0.309 e. The van der Waals surface area contributed by atoms with Crippen LogP contribution in [0.5, 0.6) is 0 Å². The topological polar surface area (TPSA) is 45.8 Å². The summed E-state index contributed by atoms with van der Waals surface area (Å²) in [6.45, 7) is 0. The molecule has 0 amide bonds. The molecule has 0 radical (unpaired) electrons. The molecule has 0 saturated heterocycles. The predicted molar refractivity (Wildman–Crippen MR) is 90.6 cm³/mol. The van der Waals surface area contributed by atoms with Crippen molar-refractivity contribution < 1.29 is 0 Å². The third kappa shape index (κ3) is 2.15. The van der Waals surface area contributed by atoms with E-state index in [0.717, 1.165) is 27.9 Å². The predicted octanol–water partition coefficient (Wildman–Crippen LogP) is 3.72. The van der Waals surface area contributed by atoms with Gasteiger partial charge < -0.3 is 4.98 Å². The Kier molecular flexibility index (Phi) is 3.17. The van der Waals surface area contributed by atoms with Crippen LogP contribution in [0.1, 0.15) is 55.1 Å². The number of nitrogens with one attached hydrogen (secondary N) is 1. The smallest absolute Gasteiger partial charge is 0.264 e. The molecule has 3 nitrogen and oxygen atoms in total. The van der Waals surface area contributed by atoms with Gasteiger partial charge in [0, 0.05) is 5.92 Å². The molecule has 108 valence electrons. The summed E-state index contributed by atoms with van der Waals surface area (Å²) in [4.78, 5) is 20.3. The molecule has 2 aliphatic rings. The van der Waals surface area contributed by atoms with E-state index in [1.165, 1.54) is 24.8 Å². The molecule has 2 aromatic rings. The average Bonchev–Trinajstić information content (AvgIpc) is 3.27. The van der Waals surface area contributed by atoms with Gasteiger partial charge in [-0.1, -0.05) is 36.8 Å². The van der Waals surface area contributed by atoms with Gasteiger partial charge in [0.05, 0.1) is 14.7 Å². The Balaban J connectivity index is 1.87. The van der Waals surface area contributed by atoms with Gasteiger partial charge in [-0.3, -0.25) is 4.79 Å². The molecule has 4 rings (SSSR count). The molecule has 2 fully saturated rings. The number of nitrogens with zero attached hydrogens (tertiary/aromatic N) is 1. The van der Waals surface area contributed by atoms with Gasteiger partial charge in [-0.2, -0.15) is 0 Å². The van der Waals surface area contributed by atoms with E-state index in [2.05, 4.69) is 51.8 Å². The van der Waals surface area contributed by atoms with Crippen LogP contribution < -0.4 is 5.56 Å². The van der Waals surface area contributed by atoms with Gasteiger partial charge in [-0.05, 0) is 53.8 Å². The van der Waals surface area contributed by atoms with Crippen LogP contribution in [-0.2, 0) is 5.41 Å². The van der Waals surface area contributed by atoms with Crippen LogP contribution in [0.25, 0.3) is 0 Å². The quantitative estimate of drug-likeness (QED) is 0.810. The minimum absolute atomic E-state index is 0.0321. The zero-order valence-corrected chi connectivity index (χ0v) is 13.9. The fourth-order valence-corrected chi connectivity index (χ4v) is 3.98. The van der Waals surface area contributed by atoms with E-state index in [-0.39, 0.29) is 11.0 Å². The first-order valence-electron chi connectivity index (χ1n) is 7.56. The summed E-state index contributed by atoms with van der Waals surface area (Å²) in [5.74, 6) is 1.39. The number of aromatic nitrogens is 2. The van der Waals surface area contributed by atoms with E-state index in [1.54, 1.807) is 0 Å². The summed E-state index contributed by atoms with van der Waals surface area (Å²) in [5.41, 5.74) is 2.26. The summed E-state index contributed by atoms with van der Waals surface area (Å²) in [6.07, 6.45) is 5.69. The van der Waals surface area contributed by atoms with Crippen molar-refractivity contribution in [3.63, 3.8) is 0 Å². The standard InChI is InChI=1S/C17H17IN2O/c18-13-14(11-7-8-11)19-16(20-15(13)21)17(9-4-10-17)12-5-2-1-3-6-12/h1-3,5-6,11H,4,7-10H2,(H,19,20,21). The zero-order valence-electron chi connectivity index (χ0n) is 11.7. The van der Waals surface area contributed by atoms with Crippen molar-refractivity contribution in [2.24, 2.45) is 0 Å². The molecule has 1 N–H and O–H groups in total. The Labute approximate surface area is 137 Å². The summed E-state index contributed by atoms with van der Waals surface area (Å²) in [5, 5.41) is 0. The van der Waals surface area contributed by atoms with Crippen LogP contribution in [0.4, 0.5) is 0 Å². The molecule has 0 unspecified atom stereocenters. The van der Waals surface area contributed by atoms with Crippen molar-refractivity contribution in [3.05, 3.63) is 61.3 Å². The van der Waals surface area contributed by atoms with E-state index in [1.807, 2.05) is 6.07 Å². The minimum atomic E-state index is -0.0750. The number of hydrogen-bond donors (Lipinski definition) is 1. The van der Waals surface area contributed by atoms with Crippen LogP contribution in [0.2, 0.25) is 0 Å². The van der Waals surface area contributed by atoms with Crippen LogP contribution >= 0.6 is 22.6 Å². The van der Waals surface area contributed by atoms with Gasteiger partial charge in [-0.25, -0.2) is 4.98 Å². The Hall–Kier alpha value is -1.17. The van der Waals surface area contributed by atoms with Crippen molar-refractivity contribution in [1.29, 1.82) is 0 Å². The Morgan fingerprint density at radius 3 is 2.48 bits per heavy atom. The molecule has 1 aromatic heterocycles. The van der Waals surface area contributed by atoms with Crippen molar-refractivity contribution in [3.8, 4) is 0 Å². The number of hydrogen-bond acceptors (Lipinski definition) is 2. The van der Waals surface area contributed by atoms with Crippen LogP contribution in [0, 0.1) is 3.57 Å². The maximum Gasteiger partial charge on any atom is 0.264 e. The number of H-pyrrole nitrogens is 1. The first kappa shape index (κ1) is 13.5. The lowest BCUT2D eigenvalue weighted by Gasteiger charge is -2.41. The summed E-state index contributed by atoms with van der Waals surface area (Å²) < 4.78 is 0.779. The average molecular weight is 392 g/mol. The molecule has 21 heavy (non-hydrogen) atoms. The van der Waals surface area contributed by atoms with Crippen molar-refractivity contribution in [2.45, 2.75) is 43.4 Å². The van der Waals surface area contributed by atoms with E-state index >= 15 is 0 Å². The highest BCUT2D eigenvalue weighted by molar-refractivity contribution is 14.1. The van der Waals surface area contributed by atoms with Gasteiger partial charge in [0.1, 0.15) is 5.82 Å². The summed E-state index contributed by atoms with van der Waals surface area (Å²) in [6, 6.07) is 10.5. The van der Waals surface area contributed by atoms with Gasteiger partial charge in [0.15, 0.2) is 0 Å². The van der Waals surface area contributed by atoms with E-state index in [4.69, 9.17) is 4.98 Å². The van der Waals surface area contributed by atoms with Crippen molar-refractivity contribution in [1.82, 2.24) is 9.97 Å². The normalized spacial score (nSPS) is 20.0. The Morgan fingerprint density at radius 2 is 1.90 bits per heavy atom. The lowest BCUT2D eigenvalue weighted by molar-refractivity contribution is 0.283. The first-order valence-corrected chi connectivity index (χ1v) is 8.64. The maximum atomic E-state index is 12.3.